The SMILES string of the molecule is Cc1ccc(S(=O)(=O)N2CCC(C(=O)NCCSSCCC(=O)O)CC2)cc1. The van der Waals surface area contributed by atoms with Crippen LogP contribution in [0.15, 0.2) is 29.2 Å². The Labute approximate surface area is 174 Å². The van der Waals surface area contributed by atoms with Crippen LogP contribution >= 0.6 is 21.6 Å². The Bertz CT molecular complexity index is 760. The number of carboxylic acids is 1. The van der Waals surface area contributed by atoms with Crippen LogP contribution < -0.4 is 5.32 Å². The fourth-order valence-electron chi connectivity index (χ4n) is 2.82. The van der Waals surface area contributed by atoms with Gasteiger partial charge in [0.1, 0.15) is 0 Å². The molecule has 1 aromatic rings. The van der Waals surface area contributed by atoms with E-state index in [4.69, 9.17) is 5.11 Å². The highest BCUT2D eigenvalue weighted by Crippen LogP contribution is 2.24. The Kier molecular flexibility index (Phi) is 9.13. The lowest BCUT2D eigenvalue weighted by Crippen LogP contribution is -2.43. The second kappa shape index (κ2) is 11.1. The monoisotopic (exact) mass is 446 g/mol. The van der Waals surface area contributed by atoms with Crippen LogP contribution in [0.1, 0.15) is 24.8 Å². The molecular weight excluding hydrogens is 420 g/mol. The molecule has 1 aliphatic heterocycles. The summed E-state index contributed by atoms with van der Waals surface area (Å²) in [5.74, 6) is 0.230. The molecule has 0 radical (unpaired) electrons. The zero-order valence-corrected chi connectivity index (χ0v) is 18.2. The first kappa shape index (κ1) is 23.1. The summed E-state index contributed by atoms with van der Waals surface area (Å²) < 4.78 is 26.9. The van der Waals surface area contributed by atoms with Crippen LogP contribution in [0.25, 0.3) is 0 Å². The minimum Gasteiger partial charge on any atom is -0.481 e. The summed E-state index contributed by atoms with van der Waals surface area (Å²) in [6, 6.07) is 6.81. The molecule has 1 saturated heterocycles. The second-order valence-electron chi connectivity index (χ2n) is 6.57. The van der Waals surface area contributed by atoms with Crippen LogP contribution in [0.3, 0.4) is 0 Å². The van der Waals surface area contributed by atoms with Gasteiger partial charge in [-0.15, -0.1) is 0 Å². The topological polar surface area (TPSA) is 104 Å². The van der Waals surface area contributed by atoms with Gasteiger partial charge < -0.3 is 10.4 Å². The zero-order valence-electron chi connectivity index (χ0n) is 15.8. The molecule has 0 unspecified atom stereocenters. The van der Waals surface area contributed by atoms with E-state index in [-0.39, 0.29) is 18.2 Å². The summed E-state index contributed by atoms with van der Waals surface area (Å²) in [4.78, 5) is 23.0. The van der Waals surface area contributed by atoms with E-state index in [0.29, 0.717) is 48.9 Å². The number of benzene rings is 1. The van der Waals surface area contributed by atoms with Gasteiger partial charge in [0.25, 0.3) is 0 Å². The molecule has 7 nitrogen and oxygen atoms in total. The van der Waals surface area contributed by atoms with Gasteiger partial charge in [0.05, 0.1) is 11.3 Å². The van der Waals surface area contributed by atoms with Gasteiger partial charge in [-0.25, -0.2) is 8.42 Å². The maximum absolute atomic E-state index is 12.7. The Morgan fingerprint density at radius 2 is 1.75 bits per heavy atom. The molecule has 0 spiro atoms. The summed E-state index contributed by atoms with van der Waals surface area (Å²) in [7, 11) is -0.491. The molecule has 1 amide bonds. The number of piperidine rings is 1. The van der Waals surface area contributed by atoms with Crippen LogP contribution in [0.4, 0.5) is 0 Å². The summed E-state index contributed by atoms with van der Waals surface area (Å²) in [5.41, 5.74) is 1.01. The first-order chi connectivity index (χ1) is 13.3. The van der Waals surface area contributed by atoms with E-state index in [1.54, 1.807) is 24.3 Å². The molecule has 0 saturated carbocycles. The Morgan fingerprint density at radius 3 is 2.36 bits per heavy atom. The van der Waals surface area contributed by atoms with E-state index in [9.17, 15) is 18.0 Å². The molecule has 0 atom stereocenters. The maximum Gasteiger partial charge on any atom is 0.304 e. The third-order valence-electron chi connectivity index (χ3n) is 4.45. The number of sulfonamides is 1. The smallest absolute Gasteiger partial charge is 0.304 e. The Hall–Kier alpha value is -1.23. The zero-order chi connectivity index (χ0) is 20.6. The Balaban J connectivity index is 1.70. The number of carbonyl (C=O) groups is 2. The number of amides is 1. The van der Waals surface area contributed by atoms with Crippen LogP contribution in [0.5, 0.6) is 0 Å². The van der Waals surface area contributed by atoms with Crippen LogP contribution in [0, 0.1) is 12.8 Å². The van der Waals surface area contributed by atoms with Crippen molar-refractivity contribution in [2.45, 2.75) is 31.1 Å². The van der Waals surface area contributed by atoms with Gasteiger partial charge in [-0.05, 0) is 31.9 Å². The highest BCUT2D eigenvalue weighted by molar-refractivity contribution is 8.76. The molecule has 1 aromatic carbocycles. The molecule has 2 N–H and O–H groups in total. The normalized spacial score (nSPS) is 16.0. The molecule has 156 valence electrons. The number of hydrogen-bond donors (Lipinski definition) is 2. The maximum atomic E-state index is 12.7. The first-order valence-electron chi connectivity index (χ1n) is 9.11. The molecule has 2 rings (SSSR count). The summed E-state index contributed by atoms with van der Waals surface area (Å²) in [5, 5.41) is 11.4. The van der Waals surface area contributed by atoms with E-state index in [2.05, 4.69) is 5.32 Å². The molecule has 1 aliphatic rings. The van der Waals surface area contributed by atoms with Crippen LogP contribution in [-0.4, -0.2) is 60.8 Å². The predicted molar refractivity (Wildman–Crippen MR) is 113 cm³/mol. The quantitative estimate of drug-likeness (QED) is 0.420. The molecule has 0 bridgehead atoms. The van der Waals surface area contributed by atoms with Crippen LogP contribution in [-0.2, 0) is 19.6 Å². The molecule has 0 aliphatic carbocycles. The van der Waals surface area contributed by atoms with Crippen molar-refractivity contribution in [2.75, 3.05) is 31.1 Å². The summed E-state index contributed by atoms with van der Waals surface area (Å²) in [6.45, 7) is 3.11. The number of aliphatic carboxylic acids is 1. The molecular formula is C18H26N2O5S3. The highest BCUT2D eigenvalue weighted by atomic mass is 33.1. The predicted octanol–water partition coefficient (Wildman–Crippen LogP) is 2.37. The largest absolute Gasteiger partial charge is 0.481 e. The highest BCUT2D eigenvalue weighted by Gasteiger charge is 2.31. The number of nitrogens with zero attached hydrogens (tertiary/aromatic N) is 1. The fraction of sp³-hybridized carbons (Fsp3) is 0.556. The van der Waals surface area contributed by atoms with Crippen molar-refractivity contribution in [3.63, 3.8) is 0 Å². The van der Waals surface area contributed by atoms with Gasteiger partial charge in [-0.2, -0.15) is 4.31 Å². The number of nitrogens with one attached hydrogen (secondary N) is 1. The number of aryl methyl sites for hydroxylation is 1. The van der Waals surface area contributed by atoms with Crippen molar-refractivity contribution in [2.24, 2.45) is 5.92 Å². The minimum atomic E-state index is -3.51. The van der Waals surface area contributed by atoms with Gasteiger partial charge >= 0.3 is 5.97 Å². The first-order valence-corrected chi connectivity index (χ1v) is 13.0. The Morgan fingerprint density at radius 1 is 1.14 bits per heavy atom. The second-order valence-corrected chi connectivity index (χ2v) is 11.2. The number of hydrogen-bond acceptors (Lipinski definition) is 6. The number of carbonyl (C=O) groups excluding carboxylic acids is 1. The van der Waals surface area contributed by atoms with E-state index < -0.39 is 16.0 Å². The van der Waals surface area contributed by atoms with Crippen LogP contribution in [0.2, 0.25) is 0 Å². The van der Waals surface area contributed by atoms with E-state index in [1.807, 2.05) is 6.92 Å². The van der Waals surface area contributed by atoms with E-state index >= 15 is 0 Å². The fourth-order valence-corrected chi connectivity index (χ4v) is 6.18. The third kappa shape index (κ3) is 6.98. The lowest BCUT2D eigenvalue weighted by molar-refractivity contribution is -0.136. The standard InChI is InChI=1S/C18H26N2O5S3/c1-14-2-4-16(5-3-14)28(24,25)20-10-6-15(7-11-20)18(23)19-9-13-27-26-12-8-17(21)22/h2-5,15H,6-13H2,1H3,(H,19,23)(H,21,22). The molecule has 1 fully saturated rings. The van der Waals surface area contributed by atoms with Gasteiger partial charge in [0.2, 0.25) is 15.9 Å². The van der Waals surface area contributed by atoms with Crippen molar-refractivity contribution in [3.05, 3.63) is 29.8 Å². The van der Waals surface area contributed by atoms with Crippen molar-refractivity contribution in [1.29, 1.82) is 0 Å². The van der Waals surface area contributed by atoms with Gasteiger partial charge in [0, 0.05) is 37.1 Å². The molecule has 0 aromatic heterocycles. The molecule has 1 heterocycles. The summed E-state index contributed by atoms with van der Waals surface area (Å²) in [6.07, 6.45) is 1.16. The van der Waals surface area contributed by atoms with Crippen molar-refractivity contribution in [1.82, 2.24) is 9.62 Å². The number of carboxylic acid groups (broad SMARTS) is 1. The van der Waals surface area contributed by atoms with E-state index in [1.165, 1.54) is 25.9 Å². The van der Waals surface area contributed by atoms with Crippen molar-refractivity contribution in [3.8, 4) is 0 Å². The molecule has 10 heteroatoms. The third-order valence-corrected chi connectivity index (χ3v) is 8.77. The number of rotatable bonds is 10. The average Bonchev–Trinajstić information content (AvgIpc) is 2.67. The van der Waals surface area contributed by atoms with Gasteiger partial charge in [-0.1, -0.05) is 39.3 Å². The lowest BCUT2D eigenvalue weighted by Gasteiger charge is -2.30. The summed E-state index contributed by atoms with van der Waals surface area (Å²) >= 11 is 0. The minimum absolute atomic E-state index is 0.0384. The van der Waals surface area contributed by atoms with Gasteiger partial charge in [-0.3, -0.25) is 9.59 Å². The van der Waals surface area contributed by atoms with E-state index in [0.717, 1.165) is 5.56 Å². The lowest BCUT2D eigenvalue weighted by atomic mass is 9.97. The van der Waals surface area contributed by atoms with Gasteiger partial charge in [0.15, 0.2) is 0 Å². The van der Waals surface area contributed by atoms with Crippen molar-refractivity contribution < 1.29 is 23.1 Å². The average molecular weight is 447 g/mol. The molecule has 28 heavy (non-hydrogen) atoms. The van der Waals surface area contributed by atoms with Crippen molar-refractivity contribution >= 4 is 43.5 Å².